The molecule has 28 heavy (non-hydrogen) atoms. The van der Waals surface area contributed by atoms with Gasteiger partial charge in [0.05, 0.1) is 0 Å². The van der Waals surface area contributed by atoms with E-state index in [0.717, 1.165) is 25.8 Å². The number of amides is 1. The molecule has 4 heteroatoms. The van der Waals surface area contributed by atoms with E-state index in [1.165, 1.54) is 16.7 Å². The number of hydrogen-bond acceptors (Lipinski definition) is 3. The Morgan fingerprint density at radius 3 is 2.21 bits per heavy atom. The predicted octanol–water partition coefficient (Wildman–Crippen LogP) is 2.83. The van der Waals surface area contributed by atoms with Gasteiger partial charge in [0.15, 0.2) is 0 Å². The van der Waals surface area contributed by atoms with Crippen LogP contribution in [0.3, 0.4) is 0 Å². The van der Waals surface area contributed by atoms with Gasteiger partial charge in [-0.25, -0.2) is 0 Å². The topological polar surface area (TPSA) is 52.6 Å². The molecule has 2 aromatic carbocycles. The zero-order valence-corrected chi connectivity index (χ0v) is 17.2. The first-order valence-electron chi connectivity index (χ1n) is 10.1. The summed E-state index contributed by atoms with van der Waals surface area (Å²) in [5.41, 5.74) is 2.88. The highest BCUT2D eigenvalue weighted by Crippen LogP contribution is 2.34. The Kier molecular flexibility index (Phi) is 6.21. The lowest BCUT2D eigenvalue weighted by molar-refractivity contribution is -0.133. The Labute approximate surface area is 168 Å². The molecule has 0 spiro atoms. The van der Waals surface area contributed by atoms with Crippen molar-refractivity contribution in [2.45, 2.75) is 38.6 Å². The Morgan fingerprint density at radius 2 is 1.64 bits per heavy atom. The van der Waals surface area contributed by atoms with Gasteiger partial charge < -0.3 is 10.4 Å². The molecule has 2 aromatic rings. The Morgan fingerprint density at radius 1 is 1.07 bits per heavy atom. The smallest absolute Gasteiger partial charge is 0.241 e. The largest absolute Gasteiger partial charge is 0.396 e. The van der Waals surface area contributed by atoms with Gasteiger partial charge in [0.25, 0.3) is 0 Å². The molecule has 2 N–H and O–H groups in total. The minimum Gasteiger partial charge on any atom is -0.396 e. The molecule has 1 aliphatic carbocycles. The molecule has 150 valence electrons. The third-order valence-corrected chi connectivity index (χ3v) is 5.97. The molecule has 0 atom stereocenters. The molecule has 0 bridgehead atoms. The molecule has 0 aromatic heterocycles. The highest BCUT2D eigenvalue weighted by molar-refractivity contribution is 5.88. The summed E-state index contributed by atoms with van der Waals surface area (Å²) in [7, 11) is 2.06. The number of benzene rings is 2. The average Bonchev–Trinajstić information content (AvgIpc) is 3.12. The van der Waals surface area contributed by atoms with Crippen molar-refractivity contribution in [1.29, 1.82) is 0 Å². The number of aliphatic hydroxyl groups is 1. The molecule has 0 aliphatic heterocycles. The van der Waals surface area contributed by atoms with E-state index < -0.39 is 5.54 Å². The standard InChI is InChI=1S/C24H32N2O2/c1-23(2,18-27)17-25-22(28)24(15-20-11-7-8-12-21(20)16-24)26(3)14-13-19-9-5-4-6-10-19/h4-12,27H,13-18H2,1-3H3,(H,25,28). The van der Waals surface area contributed by atoms with E-state index in [1.54, 1.807) is 0 Å². The number of carbonyl (C=O) groups is 1. The van der Waals surface area contributed by atoms with Crippen LogP contribution < -0.4 is 5.32 Å². The minimum absolute atomic E-state index is 0.0460. The average molecular weight is 381 g/mol. The maximum atomic E-state index is 13.4. The van der Waals surface area contributed by atoms with Gasteiger partial charge in [-0.15, -0.1) is 0 Å². The first-order chi connectivity index (χ1) is 13.4. The monoisotopic (exact) mass is 380 g/mol. The van der Waals surface area contributed by atoms with Crippen molar-refractivity contribution in [1.82, 2.24) is 10.2 Å². The van der Waals surface area contributed by atoms with Gasteiger partial charge in [0.1, 0.15) is 5.54 Å². The van der Waals surface area contributed by atoms with E-state index >= 15 is 0 Å². The number of rotatable bonds is 8. The summed E-state index contributed by atoms with van der Waals surface area (Å²) in [5.74, 6) is 0.0563. The second-order valence-corrected chi connectivity index (χ2v) is 8.82. The summed E-state index contributed by atoms with van der Waals surface area (Å²) in [6.07, 6.45) is 2.35. The number of carbonyl (C=O) groups excluding carboxylic acids is 1. The van der Waals surface area contributed by atoms with Gasteiger partial charge in [-0.05, 0) is 30.2 Å². The molecule has 0 saturated carbocycles. The molecule has 0 fully saturated rings. The van der Waals surface area contributed by atoms with Crippen molar-refractivity contribution < 1.29 is 9.90 Å². The van der Waals surface area contributed by atoms with Crippen molar-refractivity contribution >= 4 is 5.91 Å². The van der Waals surface area contributed by atoms with Crippen LogP contribution in [-0.4, -0.2) is 48.2 Å². The molecular weight excluding hydrogens is 348 g/mol. The first-order valence-corrected chi connectivity index (χ1v) is 10.1. The zero-order valence-electron chi connectivity index (χ0n) is 17.2. The molecule has 0 heterocycles. The highest BCUT2D eigenvalue weighted by atomic mass is 16.3. The molecule has 4 nitrogen and oxygen atoms in total. The van der Waals surface area contributed by atoms with Crippen LogP contribution >= 0.6 is 0 Å². The van der Waals surface area contributed by atoms with Gasteiger partial charge in [-0.2, -0.15) is 0 Å². The van der Waals surface area contributed by atoms with Crippen LogP contribution in [0.25, 0.3) is 0 Å². The molecule has 0 radical (unpaired) electrons. The second-order valence-electron chi connectivity index (χ2n) is 8.82. The van der Waals surface area contributed by atoms with Crippen molar-refractivity contribution in [2.24, 2.45) is 5.41 Å². The van der Waals surface area contributed by atoms with Crippen molar-refractivity contribution in [3.63, 3.8) is 0 Å². The van der Waals surface area contributed by atoms with Crippen molar-refractivity contribution in [3.05, 3.63) is 71.3 Å². The third kappa shape index (κ3) is 4.45. The summed E-state index contributed by atoms with van der Waals surface area (Å²) in [6.45, 7) is 5.25. The van der Waals surface area contributed by atoms with E-state index in [-0.39, 0.29) is 17.9 Å². The van der Waals surface area contributed by atoms with E-state index in [2.05, 4.69) is 53.7 Å². The van der Waals surface area contributed by atoms with Crippen molar-refractivity contribution in [2.75, 3.05) is 26.7 Å². The van der Waals surface area contributed by atoms with Crippen molar-refractivity contribution in [3.8, 4) is 0 Å². The zero-order chi connectivity index (χ0) is 20.2. The SMILES string of the molecule is CN(CCc1ccccc1)C1(C(=O)NCC(C)(C)CO)Cc2ccccc2C1. The molecule has 1 aliphatic rings. The number of nitrogens with zero attached hydrogens (tertiary/aromatic N) is 1. The van der Waals surface area contributed by atoms with Gasteiger partial charge in [0, 0.05) is 38.0 Å². The third-order valence-electron chi connectivity index (χ3n) is 5.97. The number of nitrogens with one attached hydrogen (secondary N) is 1. The molecular formula is C24H32N2O2. The van der Waals surface area contributed by atoms with Gasteiger partial charge >= 0.3 is 0 Å². The van der Waals surface area contributed by atoms with Crippen LogP contribution in [0.15, 0.2) is 54.6 Å². The lowest BCUT2D eigenvalue weighted by Gasteiger charge is -2.38. The van der Waals surface area contributed by atoms with Crippen LogP contribution in [0.5, 0.6) is 0 Å². The van der Waals surface area contributed by atoms with Crippen LogP contribution in [0.1, 0.15) is 30.5 Å². The number of hydrogen-bond donors (Lipinski definition) is 2. The fourth-order valence-electron chi connectivity index (χ4n) is 3.89. The van der Waals surface area contributed by atoms with Gasteiger partial charge in [-0.3, -0.25) is 9.69 Å². The maximum Gasteiger partial charge on any atom is 0.241 e. The predicted molar refractivity (Wildman–Crippen MR) is 113 cm³/mol. The van der Waals surface area contributed by atoms with Crippen LogP contribution in [0, 0.1) is 5.41 Å². The molecule has 0 saturated heterocycles. The summed E-state index contributed by atoms with van der Waals surface area (Å²) in [5, 5.41) is 12.7. The minimum atomic E-state index is -0.579. The second kappa shape index (κ2) is 8.46. The number of fused-ring (bicyclic) bond motifs is 1. The lowest BCUT2D eigenvalue weighted by atomic mass is 9.90. The van der Waals surface area contributed by atoms with Crippen LogP contribution in [0.2, 0.25) is 0 Å². The quantitative estimate of drug-likeness (QED) is 0.740. The molecule has 0 unspecified atom stereocenters. The summed E-state index contributed by atoms with van der Waals surface area (Å²) in [4.78, 5) is 15.6. The van der Waals surface area contributed by atoms with Gasteiger partial charge in [-0.1, -0.05) is 68.4 Å². The molecule has 1 amide bonds. The summed E-state index contributed by atoms with van der Waals surface area (Å²) in [6, 6.07) is 18.8. The number of aliphatic hydroxyl groups excluding tert-OH is 1. The molecule has 3 rings (SSSR count). The maximum absolute atomic E-state index is 13.4. The van der Waals surface area contributed by atoms with Gasteiger partial charge in [0.2, 0.25) is 5.91 Å². The highest BCUT2D eigenvalue weighted by Gasteiger charge is 2.46. The number of likely N-dealkylation sites (N-methyl/N-ethyl adjacent to an activating group) is 1. The Balaban J connectivity index is 1.78. The normalized spacial score (nSPS) is 15.5. The Hall–Kier alpha value is -2.17. The fraction of sp³-hybridized carbons (Fsp3) is 0.458. The fourth-order valence-corrected chi connectivity index (χ4v) is 3.89. The summed E-state index contributed by atoms with van der Waals surface area (Å²) >= 11 is 0. The first kappa shape index (κ1) is 20.6. The van der Waals surface area contributed by atoms with E-state index in [9.17, 15) is 9.90 Å². The lowest BCUT2D eigenvalue weighted by Crippen LogP contribution is -2.59. The van der Waals surface area contributed by atoms with Crippen LogP contribution in [-0.2, 0) is 24.1 Å². The van der Waals surface area contributed by atoms with E-state index in [0.29, 0.717) is 6.54 Å². The summed E-state index contributed by atoms with van der Waals surface area (Å²) < 4.78 is 0. The van der Waals surface area contributed by atoms with E-state index in [4.69, 9.17) is 0 Å². The Bertz CT molecular complexity index is 776. The van der Waals surface area contributed by atoms with E-state index in [1.807, 2.05) is 32.0 Å². The van der Waals surface area contributed by atoms with Crippen LogP contribution in [0.4, 0.5) is 0 Å².